The Morgan fingerprint density at radius 3 is 1.50 bits per heavy atom. The molecule has 0 fully saturated rings. The summed E-state index contributed by atoms with van der Waals surface area (Å²) in [5.74, 6) is -0.585. The number of carbonyl (C=O) groups excluding carboxylic acids is 2. The summed E-state index contributed by atoms with van der Waals surface area (Å²) in [5.41, 5.74) is 2.77. The second-order valence-corrected chi connectivity index (χ2v) is 7.21. The molecule has 0 heterocycles. The van der Waals surface area contributed by atoms with E-state index >= 15 is 0 Å². The number of halogens is 2. The average molecular weight is 437 g/mol. The van der Waals surface area contributed by atoms with Crippen LogP contribution >= 0.6 is 23.2 Å². The SMILES string of the molecule is O=C(C=Cc1cccc(Cl)c1)Nc1cccc(NC(=O)C=Cc2cccc(Cl)c2)c1. The topological polar surface area (TPSA) is 58.2 Å². The van der Waals surface area contributed by atoms with Crippen LogP contribution in [0.4, 0.5) is 11.4 Å². The Kier molecular flexibility index (Phi) is 7.44. The highest BCUT2D eigenvalue weighted by molar-refractivity contribution is 6.31. The maximum absolute atomic E-state index is 12.2. The molecule has 2 amide bonds. The third-order valence-corrected chi connectivity index (χ3v) is 4.42. The molecule has 0 aliphatic heterocycles. The first-order chi connectivity index (χ1) is 14.5. The highest BCUT2D eigenvalue weighted by Crippen LogP contribution is 2.17. The van der Waals surface area contributed by atoms with Gasteiger partial charge in [-0.3, -0.25) is 9.59 Å². The van der Waals surface area contributed by atoms with Crippen LogP contribution < -0.4 is 10.6 Å². The fourth-order valence-corrected chi connectivity index (χ4v) is 3.00. The van der Waals surface area contributed by atoms with Gasteiger partial charge in [-0.2, -0.15) is 0 Å². The van der Waals surface area contributed by atoms with E-state index in [1.807, 2.05) is 24.3 Å². The number of amides is 2. The summed E-state index contributed by atoms with van der Waals surface area (Å²) in [7, 11) is 0. The summed E-state index contributed by atoms with van der Waals surface area (Å²) < 4.78 is 0. The predicted octanol–water partition coefficient (Wildman–Crippen LogP) is 6.30. The minimum atomic E-state index is -0.292. The van der Waals surface area contributed by atoms with Gasteiger partial charge in [0, 0.05) is 33.6 Å². The first kappa shape index (κ1) is 21.4. The van der Waals surface area contributed by atoms with Crippen LogP contribution in [0, 0.1) is 0 Å². The lowest BCUT2D eigenvalue weighted by Crippen LogP contribution is -2.10. The monoisotopic (exact) mass is 436 g/mol. The van der Waals surface area contributed by atoms with Gasteiger partial charge in [-0.05, 0) is 65.7 Å². The van der Waals surface area contributed by atoms with Gasteiger partial charge >= 0.3 is 0 Å². The van der Waals surface area contributed by atoms with E-state index in [0.717, 1.165) is 11.1 Å². The molecule has 0 unspecified atom stereocenters. The van der Waals surface area contributed by atoms with Gasteiger partial charge in [0.15, 0.2) is 0 Å². The smallest absolute Gasteiger partial charge is 0.248 e. The summed E-state index contributed by atoms with van der Waals surface area (Å²) in [6.07, 6.45) is 6.19. The van der Waals surface area contributed by atoms with E-state index in [2.05, 4.69) is 10.6 Å². The number of hydrogen-bond donors (Lipinski definition) is 2. The Bertz CT molecular complexity index is 1040. The largest absolute Gasteiger partial charge is 0.322 e. The van der Waals surface area contributed by atoms with Crippen molar-refractivity contribution >= 4 is 58.5 Å². The molecule has 0 atom stereocenters. The van der Waals surface area contributed by atoms with Crippen LogP contribution in [0.5, 0.6) is 0 Å². The molecule has 0 spiro atoms. The number of nitrogens with one attached hydrogen (secondary N) is 2. The molecule has 0 radical (unpaired) electrons. The van der Waals surface area contributed by atoms with Gasteiger partial charge in [-0.25, -0.2) is 0 Å². The first-order valence-electron chi connectivity index (χ1n) is 9.07. The summed E-state index contributed by atoms with van der Waals surface area (Å²) in [5, 5.41) is 6.73. The Balaban J connectivity index is 1.58. The highest BCUT2D eigenvalue weighted by atomic mass is 35.5. The molecule has 3 rings (SSSR count). The van der Waals surface area contributed by atoms with Crippen molar-refractivity contribution < 1.29 is 9.59 Å². The molecule has 150 valence electrons. The number of anilines is 2. The molecule has 3 aromatic carbocycles. The normalized spacial score (nSPS) is 11.0. The molecular formula is C24H18Cl2N2O2. The number of hydrogen-bond acceptors (Lipinski definition) is 2. The molecule has 3 aromatic rings. The summed E-state index contributed by atoms with van der Waals surface area (Å²) in [6.45, 7) is 0. The van der Waals surface area contributed by atoms with Crippen LogP contribution in [0.2, 0.25) is 10.0 Å². The zero-order valence-electron chi connectivity index (χ0n) is 15.8. The molecule has 4 nitrogen and oxygen atoms in total. The zero-order chi connectivity index (χ0) is 21.3. The number of carbonyl (C=O) groups is 2. The van der Waals surface area contributed by atoms with E-state index in [1.165, 1.54) is 12.2 Å². The fraction of sp³-hybridized carbons (Fsp3) is 0. The minimum absolute atomic E-state index is 0.292. The molecule has 30 heavy (non-hydrogen) atoms. The van der Waals surface area contributed by atoms with Crippen LogP contribution in [-0.2, 0) is 9.59 Å². The molecule has 2 N–H and O–H groups in total. The van der Waals surface area contributed by atoms with Gasteiger partial charge < -0.3 is 10.6 Å². The minimum Gasteiger partial charge on any atom is -0.322 e. The quantitative estimate of drug-likeness (QED) is 0.445. The molecule has 0 aliphatic rings. The van der Waals surface area contributed by atoms with E-state index < -0.39 is 0 Å². The lowest BCUT2D eigenvalue weighted by atomic mass is 10.2. The lowest BCUT2D eigenvalue weighted by molar-refractivity contribution is -0.112. The maximum atomic E-state index is 12.2. The average Bonchev–Trinajstić information content (AvgIpc) is 2.71. The van der Waals surface area contributed by atoms with Gasteiger partial charge in [0.1, 0.15) is 0 Å². The van der Waals surface area contributed by atoms with Crippen LogP contribution in [0.1, 0.15) is 11.1 Å². The predicted molar refractivity (Wildman–Crippen MR) is 125 cm³/mol. The third-order valence-electron chi connectivity index (χ3n) is 3.95. The second-order valence-electron chi connectivity index (χ2n) is 6.34. The number of rotatable bonds is 6. The van der Waals surface area contributed by atoms with Gasteiger partial charge in [0.25, 0.3) is 0 Å². The van der Waals surface area contributed by atoms with E-state index in [9.17, 15) is 9.59 Å². The van der Waals surface area contributed by atoms with Crippen LogP contribution in [0.15, 0.2) is 84.9 Å². The molecular weight excluding hydrogens is 419 g/mol. The fourth-order valence-electron chi connectivity index (χ4n) is 2.61. The van der Waals surface area contributed by atoms with Gasteiger partial charge in [0.2, 0.25) is 11.8 Å². The molecule has 0 saturated heterocycles. The van der Waals surface area contributed by atoms with E-state index in [4.69, 9.17) is 23.2 Å². The standard InChI is InChI=1S/C24H18Cl2N2O2/c25-19-6-1-4-17(14-19)10-12-23(29)27-21-8-3-9-22(16-21)28-24(30)13-11-18-5-2-7-20(26)15-18/h1-16H,(H,27,29)(H,28,30). The van der Waals surface area contributed by atoms with Crippen molar-refractivity contribution in [3.63, 3.8) is 0 Å². The Morgan fingerprint density at radius 2 is 1.07 bits per heavy atom. The van der Waals surface area contributed by atoms with Gasteiger partial charge in [0.05, 0.1) is 0 Å². The van der Waals surface area contributed by atoms with Crippen molar-refractivity contribution in [1.29, 1.82) is 0 Å². The Hall–Kier alpha value is -3.34. The molecule has 0 aliphatic carbocycles. The molecule has 0 saturated carbocycles. The maximum Gasteiger partial charge on any atom is 0.248 e. The van der Waals surface area contributed by atoms with E-state index in [1.54, 1.807) is 60.7 Å². The van der Waals surface area contributed by atoms with Crippen molar-refractivity contribution in [2.45, 2.75) is 0 Å². The summed E-state index contributed by atoms with van der Waals surface area (Å²) in [6, 6.07) is 21.3. The Labute approximate surface area is 184 Å². The van der Waals surface area contributed by atoms with Crippen molar-refractivity contribution in [3.05, 3.63) is 106 Å². The van der Waals surface area contributed by atoms with Crippen molar-refractivity contribution in [3.8, 4) is 0 Å². The van der Waals surface area contributed by atoms with E-state index in [-0.39, 0.29) is 11.8 Å². The van der Waals surface area contributed by atoms with Gasteiger partial charge in [-0.15, -0.1) is 0 Å². The lowest BCUT2D eigenvalue weighted by Gasteiger charge is -2.06. The third kappa shape index (κ3) is 6.92. The molecule has 0 aromatic heterocycles. The highest BCUT2D eigenvalue weighted by Gasteiger charge is 2.02. The van der Waals surface area contributed by atoms with E-state index in [0.29, 0.717) is 21.4 Å². The van der Waals surface area contributed by atoms with Crippen molar-refractivity contribution in [2.24, 2.45) is 0 Å². The summed E-state index contributed by atoms with van der Waals surface area (Å²) in [4.78, 5) is 24.3. The van der Waals surface area contributed by atoms with Crippen LogP contribution in [-0.4, -0.2) is 11.8 Å². The first-order valence-corrected chi connectivity index (χ1v) is 9.83. The van der Waals surface area contributed by atoms with Crippen LogP contribution in [0.25, 0.3) is 12.2 Å². The number of benzene rings is 3. The summed E-state index contributed by atoms with van der Waals surface area (Å²) >= 11 is 11.9. The Morgan fingerprint density at radius 1 is 0.633 bits per heavy atom. The van der Waals surface area contributed by atoms with Crippen LogP contribution in [0.3, 0.4) is 0 Å². The molecule has 0 bridgehead atoms. The van der Waals surface area contributed by atoms with Crippen molar-refractivity contribution in [1.82, 2.24) is 0 Å². The zero-order valence-corrected chi connectivity index (χ0v) is 17.3. The molecule has 6 heteroatoms. The van der Waals surface area contributed by atoms with Gasteiger partial charge in [-0.1, -0.05) is 53.5 Å². The van der Waals surface area contributed by atoms with Crippen molar-refractivity contribution in [2.75, 3.05) is 10.6 Å². The second kappa shape index (κ2) is 10.4.